The van der Waals surface area contributed by atoms with E-state index in [0.29, 0.717) is 19.3 Å². The Morgan fingerprint density at radius 3 is 0.833 bits per heavy atom. The van der Waals surface area contributed by atoms with Crippen LogP contribution in [0.4, 0.5) is 0 Å². The second-order valence-electron chi connectivity index (χ2n) is 19.9. The second kappa shape index (κ2) is 64.3. The van der Waals surface area contributed by atoms with Crippen molar-refractivity contribution in [2.75, 3.05) is 13.2 Å². The van der Waals surface area contributed by atoms with Crippen molar-refractivity contribution in [2.45, 2.75) is 252 Å². The second-order valence-corrected chi connectivity index (χ2v) is 19.9. The molecule has 0 bridgehead atoms. The predicted molar refractivity (Wildman–Crippen MR) is 338 cm³/mol. The molecule has 0 aromatic heterocycles. The van der Waals surface area contributed by atoms with Crippen LogP contribution < -0.4 is 0 Å². The van der Waals surface area contributed by atoms with E-state index in [1.54, 1.807) is 0 Å². The van der Waals surface area contributed by atoms with E-state index in [-0.39, 0.29) is 31.6 Å². The highest BCUT2D eigenvalue weighted by Gasteiger charge is 2.19. The minimum atomic E-state index is -0.824. The zero-order chi connectivity index (χ0) is 56.4. The van der Waals surface area contributed by atoms with Crippen molar-refractivity contribution in [3.8, 4) is 0 Å². The van der Waals surface area contributed by atoms with Gasteiger partial charge in [-0.1, -0.05) is 274 Å². The first-order valence-corrected chi connectivity index (χ1v) is 31.1. The van der Waals surface area contributed by atoms with Gasteiger partial charge in [0, 0.05) is 19.3 Å². The number of hydrogen-bond acceptors (Lipinski definition) is 6. The van der Waals surface area contributed by atoms with Crippen LogP contribution >= 0.6 is 0 Å². The van der Waals surface area contributed by atoms with Crippen LogP contribution in [0, 0.1) is 0 Å². The van der Waals surface area contributed by atoms with Gasteiger partial charge in [-0.2, -0.15) is 0 Å². The Morgan fingerprint density at radius 2 is 0.526 bits per heavy atom. The van der Waals surface area contributed by atoms with E-state index in [1.807, 2.05) is 12.2 Å². The summed E-state index contributed by atoms with van der Waals surface area (Å²) in [5.41, 5.74) is 0. The van der Waals surface area contributed by atoms with Crippen molar-refractivity contribution in [3.63, 3.8) is 0 Å². The Bertz CT molecular complexity index is 1810. The highest BCUT2D eigenvalue weighted by molar-refractivity contribution is 5.71. The molecular weight excluding hydrogens is 961 g/mol. The van der Waals surface area contributed by atoms with E-state index < -0.39 is 12.1 Å². The molecule has 0 rings (SSSR count). The molecule has 0 heterocycles. The molecular formula is C72H112O6. The fourth-order valence-electron chi connectivity index (χ4n) is 7.89. The first kappa shape index (κ1) is 72.8. The third kappa shape index (κ3) is 61.6. The van der Waals surface area contributed by atoms with Gasteiger partial charge in [0.25, 0.3) is 0 Å². The van der Waals surface area contributed by atoms with Crippen LogP contribution in [0.1, 0.15) is 245 Å². The van der Waals surface area contributed by atoms with Gasteiger partial charge in [-0.05, 0) is 122 Å². The molecule has 0 spiro atoms. The Morgan fingerprint density at radius 1 is 0.269 bits per heavy atom. The summed E-state index contributed by atoms with van der Waals surface area (Å²) in [6.07, 6.45) is 95.5. The van der Waals surface area contributed by atoms with Crippen molar-refractivity contribution >= 4 is 17.9 Å². The van der Waals surface area contributed by atoms with Gasteiger partial charge in [-0.3, -0.25) is 14.4 Å². The molecule has 0 aliphatic carbocycles. The molecule has 0 aromatic carbocycles. The predicted octanol–water partition coefficient (Wildman–Crippen LogP) is 21.5. The summed E-state index contributed by atoms with van der Waals surface area (Å²) >= 11 is 0. The quantitative estimate of drug-likeness (QED) is 0.0261. The molecule has 78 heavy (non-hydrogen) atoms. The van der Waals surface area contributed by atoms with Gasteiger partial charge in [0.15, 0.2) is 6.10 Å². The van der Waals surface area contributed by atoms with Crippen molar-refractivity contribution in [2.24, 2.45) is 0 Å². The van der Waals surface area contributed by atoms with Crippen LogP contribution in [-0.2, 0) is 28.6 Å². The van der Waals surface area contributed by atoms with E-state index in [2.05, 4.69) is 179 Å². The lowest BCUT2D eigenvalue weighted by atomic mass is 10.1. The van der Waals surface area contributed by atoms with Gasteiger partial charge in [-0.15, -0.1) is 0 Å². The fourth-order valence-corrected chi connectivity index (χ4v) is 7.89. The summed E-state index contributed by atoms with van der Waals surface area (Å²) in [6, 6.07) is 0. The van der Waals surface area contributed by atoms with Crippen molar-refractivity contribution < 1.29 is 28.6 Å². The molecule has 1 atom stereocenters. The third-order valence-corrected chi connectivity index (χ3v) is 12.5. The number of carbonyl (C=O) groups excluding carboxylic acids is 3. The SMILES string of the molecule is CC/C=C\C/C=C\C/C=C\C/C=C\C/C=C\C/C=C\C/C=C\C/C=C\CCCCCCCCCCCCC(=O)OCC(COC(=O)CCCCCCCC)OC(=O)CC/C=C\C/C=C\C/C=C\C/C=C\C/C=C\C/C=C\CC. The molecule has 0 amide bonds. The standard InChI is InChI=1S/C72H112O6/c1-4-7-10-13-16-18-20-22-24-26-28-29-30-31-32-33-34-35-36-37-38-39-40-41-42-43-45-46-48-50-52-54-56-59-62-65-71(74)77-68-69(67-76-70(73)64-61-58-15-12-9-6-3)78-72(75)66-63-60-57-55-53-51-49-47-44-27-25-23-21-19-17-14-11-8-5-2/h7-8,10-11,16-19,22-25,28-29,31-32,34-35,37-38,40-41,44,47,51,53,57,60,69H,4-6,9,12-15,20-21,26-27,30,33,36,39,42-43,45-46,48-50,52,54-56,58-59,61-68H2,1-3H3/b10-7-,11-8-,18-16-,19-17-,24-22-,25-23-,29-28-,32-31-,35-34-,38-37-,41-40-,47-44-,53-51-,60-57-. The summed E-state index contributed by atoms with van der Waals surface area (Å²) < 4.78 is 16.7. The van der Waals surface area contributed by atoms with E-state index in [1.165, 1.54) is 64.2 Å². The number of rotatable bonds is 54. The first-order valence-electron chi connectivity index (χ1n) is 31.1. The van der Waals surface area contributed by atoms with E-state index in [4.69, 9.17) is 14.2 Å². The molecule has 0 fully saturated rings. The maximum atomic E-state index is 12.8. The third-order valence-electron chi connectivity index (χ3n) is 12.5. The minimum absolute atomic E-state index is 0.115. The summed E-state index contributed by atoms with van der Waals surface area (Å²) in [6.45, 7) is 6.27. The molecule has 0 aliphatic heterocycles. The van der Waals surface area contributed by atoms with Crippen LogP contribution in [-0.4, -0.2) is 37.2 Å². The highest BCUT2D eigenvalue weighted by atomic mass is 16.6. The molecule has 0 saturated heterocycles. The normalized spacial score (nSPS) is 13.3. The number of allylic oxidation sites excluding steroid dienone is 28. The van der Waals surface area contributed by atoms with E-state index in [0.717, 1.165) is 135 Å². The maximum Gasteiger partial charge on any atom is 0.306 e. The minimum Gasteiger partial charge on any atom is -0.462 e. The van der Waals surface area contributed by atoms with E-state index >= 15 is 0 Å². The zero-order valence-electron chi connectivity index (χ0n) is 49.9. The summed E-state index contributed by atoms with van der Waals surface area (Å²) in [4.78, 5) is 37.9. The Hall–Kier alpha value is -5.23. The van der Waals surface area contributed by atoms with Gasteiger partial charge < -0.3 is 14.2 Å². The topological polar surface area (TPSA) is 78.9 Å². The number of carbonyl (C=O) groups is 3. The average molecular weight is 1070 g/mol. The van der Waals surface area contributed by atoms with Crippen LogP contribution in [0.5, 0.6) is 0 Å². The molecule has 0 saturated carbocycles. The van der Waals surface area contributed by atoms with Gasteiger partial charge in [0.1, 0.15) is 13.2 Å². The average Bonchev–Trinajstić information content (AvgIpc) is 3.44. The maximum absolute atomic E-state index is 12.8. The van der Waals surface area contributed by atoms with Gasteiger partial charge >= 0.3 is 17.9 Å². The van der Waals surface area contributed by atoms with Crippen LogP contribution in [0.15, 0.2) is 170 Å². The van der Waals surface area contributed by atoms with Gasteiger partial charge in [0.05, 0.1) is 0 Å². The number of esters is 3. The molecule has 1 unspecified atom stereocenters. The number of ether oxygens (including phenoxy) is 3. The van der Waals surface area contributed by atoms with E-state index in [9.17, 15) is 14.4 Å². The Labute approximate surface area is 479 Å². The lowest BCUT2D eigenvalue weighted by molar-refractivity contribution is -0.166. The Kier molecular flexibility index (Phi) is 60.0. The molecule has 6 nitrogen and oxygen atoms in total. The first-order chi connectivity index (χ1) is 38.5. The van der Waals surface area contributed by atoms with Crippen molar-refractivity contribution in [1.29, 1.82) is 0 Å². The fraction of sp³-hybridized carbons (Fsp3) is 0.569. The number of unbranched alkanes of at least 4 members (excludes halogenated alkanes) is 15. The van der Waals surface area contributed by atoms with Gasteiger partial charge in [0.2, 0.25) is 0 Å². The smallest absolute Gasteiger partial charge is 0.306 e. The van der Waals surface area contributed by atoms with Crippen LogP contribution in [0.2, 0.25) is 0 Å². The molecule has 6 heteroatoms. The van der Waals surface area contributed by atoms with Crippen molar-refractivity contribution in [3.05, 3.63) is 170 Å². The zero-order valence-corrected chi connectivity index (χ0v) is 49.9. The number of hydrogen-bond donors (Lipinski definition) is 0. The summed E-state index contributed by atoms with van der Waals surface area (Å²) in [5, 5.41) is 0. The van der Waals surface area contributed by atoms with Crippen LogP contribution in [0.3, 0.4) is 0 Å². The van der Waals surface area contributed by atoms with Crippen molar-refractivity contribution in [1.82, 2.24) is 0 Å². The summed E-state index contributed by atoms with van der Waals surface area (Å²) in [7, 11) is 0. The summed E-state index contributed by atoms with van der Waals surface area (Å²) in [5.74, 6) is -1.02. The largest absolute Gasteiger partial charge is 0.462 e. The molecule has 0 aliphatic rings. The monoisotopic (exact) mass is 1070 g/mol. The highest BCUT2D eigenvalue weighted by Crippen LogP contribution is 2.14. The lowest BCUT2D eigenvalue weighted by Crippen LogP contribution is -2.30. The molecule has 0 N–H and O–H groups in total. The molecule has 0 aromatic rings. The molecule has 0 radical (unpaired) electrons. The van der Waals surface area contributed by atoms with Crippen LogP contribution in [0.25, 0.3) is 0 Å². The lowest BCUT2D eigenvalue weighted by Gasteiger charge is -2.18. The Balaban J connectivity index is 4.18. The van der Waals surface area contributed by atoms with Gasteiger partial charge in [-0.25, -0.2) is 0 Å². The molecule has 436 valence electrons.